The maximum absolute atomic E-state index is 8.68. The van der Waals surface area contributed by atoms with Crippen molar-refractivity contribution in [2.24, 2.45) is 10.2 Å². The van der Waals surface area contributed by atoms with Gasteiger partial charge in [-0.05, 0) is 35.4 Å². The van der Waals surface area contributed by atoms with E-state index in [-0.39, 0.29) is 0 Å². The van der Waals surface area contributed by atoms with Gasteiger partial charge < -0.3 is 0 Å². The molecule has 0 atom stereocenters. The first-order valence-electron chi connectivity index (χ1n) is 5.88. The van der Waals surface area contributed by atoms with Crippen LogP contribution in [0.2, 0.25) is 0 Å². The van der Waals surface area contributed by atoms with Gasteiger partial charge in [-0.15, -0.1) is 0 Å². The summed E-state index contributed by atoms with van der Waals surface area (Å²) in [6.45, 7) is 0. The molecule has 0 radical (unpaired) electrons. The molecule has 0 aliphatic heterocycles. The van der Waals surface area contributed by atoms with Crippen LogP contribution in [0.3, 0.4) is 0 Å². The van der Waals surface area contributed by atoms with Gasteiger partial charge in [0, 0.05) is 0 Å². The predicted octanol–water partition coefficient (Wildman–Crippen LogP) is 2.88. The van der Waals surface area contributed by atoms with Crippen molar-refractivity contribution in [2.75, 3.05) is 0 Å². The molecule has 0 N–H and O–H groups in total. The molecule has 0 aliphatic rings. The van der Waals surface area contributed by atoms with Crippen LogP contribution in [0, 0.1) is 22.7 Å². The van der Waals surface area contributed by atoms with Gasteiger partial charge in [-0.2, -0.15) is 20.7 Å². The first-order valence-corrected chi connectivity index (χ1v) is 5.88. The summed E-state index contributed by atoms with van der Waals surface area (Å²) in [5.41, 5.74) is 2.98. The van der Waals surface area contributed by atoms with E-state index in [1.165, 1.54) is 0 Å². The van der Waals surface area contributed by atoms with Crippen LogP contribution < -0.4 is 0 Å². The van der Waals surface area contributed by atoms with Gasteiger partial charge in [-0.25, -0.2) is 0 Å². The molecule has 0 aromatic heterocycles. The number of hydrogen-bond donors (Lipinski definition) is 0. The van der Waals surface area contributed by atoms with E-state index < -0.39 is 0 Å². The summed E-state index contributed by atoms with van der Waals surface area (Å²) in [6, 6.07) is 18.2. The molecule has 4 nitrogen and oxygen atoms in total. The van der Waals surface area contributed by atoms with Crippen molar-refractivity contribution in [3.05, 3.63) is 70.8 Å². The van der Waals surface area contributed by atoms with Gasteiger partial charge in [-0.3, -0.25) is 0 Å². The number of nitriles is 2. The second-order valence-electron chi connectivity index (χ2n) is 3.96. The number of hydrogen-bond acceptors (Lipinski definition) is 4. The van der Waals surface area contributed by atoms with Crippen LogP contribution in [0.4, 0.5) is 0 Å². The maximum Gasteiger partial charge on any atom is 0.0991 e. The van der Waals surface area contributed by atoms with Gasteiger partial charge in [0.2, 0.25) is 0 Å². The summed E-state index contributed by atoms with van der Waals surface area (Å²) in [5.74, 6) is 0. The molecule has 0 fully saturated rings. The molecule has 0 saturated carbocycles. The fourth-order valence-corrected chi connectivity index (χ4v) is 1.49. The number of rotatable bonds is 3. The topological polar surface area (TPSA) is 72.3 Å². The Kier molecular flexibility index (Phi) is 4.37. The molecular weight excluding hydrogens is 248 g/mol. The number of nitrogens with zero attached hydrogens (tertiary/aromatic N) is 4. The van der Waals surface area contributed by atoms with Crippen LogP contribution >= 0.6 is 0 Å². The largest absolute Gasteiger partial charge is 0.192 e. The van der Waals surface area contributed by atoms with Gasteiger partial charge in [0.15, 0.2) is 0 Å². The minimum absolute atomic E-state index is 0.614. The first-order chi connectivity index (χ1) is 9.81. The highest BCUT2D eigenvalue weighted by atomic mass is 15.2. The monoisotopic (exact) mass is 258 g/mol. The molecule has 0 spiro atoms. The molecular formula is C16H10N4. The van der Waals surface area contributed by atoms with Crippen molar-refractivity contribution < 1.29 is 0 Å². The van der Waals surface area contributed by atoms with Crippen molar-refractivity contribution in [2.45, 2.75) is 0 Å². The molecule has 0 bridgehead atoms. The van der Waals surface area contributed by atoms with Crippen LogP contribution in [0.25, 0.3) is 0 Å². The van der Waals surface area contributed by atoms with Crippen LogP contribution in [0.1, 0.15) is 22.3 Å². The van der Waals surface area contributed by atoms with Gasteiger partial charge in [0.25, 0.3) is 0 Å². The summed E-state index contributed by atoms with van der Waals surface area (Å²) >= 11 is 0. The highest BCUT2D eigenvalue weighted by molar-refractivity contribution is 5.82. The lowest BCUT2D eigenvalue weighted by molar-refractivity contribution is 1.26. The lowest BCUT2D eigenvalue weighted by Gasteiger charge is -1.92. The Balaban J connectivity index is 1.99. The SMILES string of the molecule is N#Cc1ccc(/C=N/N=C/c2ccc(C#N)cc2)cc1. The molecule has 0 heterocycles. The standard InChI is InChI=1S/C16H10N4/c17-9-13-1-5-15(6-2-13)11-19-20-12-16-7-3-14(10-18)4-8-16/h1-8,11-12H/b19-11+,20-12+. The van der Waals surface area contributed by atoms with E-state index in [1.807, 2.05) is 0 Å². The zero-order chi connectivity index (χ0) is 14.2. The lowest BCUT2D eigenvalue weighted by atomic mass is 10.2. The van der Waals surface area contributed by atoms with Gasteiger partial charge in [0.05, 0.1) is 35.7 Å². The molecule has 0 saturated heterocycles. The van der Waals surface area contributed by atoms with E-state index in [1.54, 1.807) is 61.0 Å². The molecule has 94 valence electrons. The van der Waals surface area contributed by atoms with Crippen molar-refractivity contribution in [1.29, 1.82) is 10.5 Å². The average molecular weight is 258 g/mol. The Morgan fingerprint density at radius 3 is 1.30 bits per heavy atom. The summed E-state index contributed by atoms with van der Waals surface area (Å²) in [6.07, 6.45) is 3.22. The zero-order valence-corrected chi connectivity index (χ0v) is 10.6. The van der Waals surface area contributed by atoms with E-state index in [0.717, 1.165) is 11.1 Å². The zero-order valence-electron chi connectivity index (χ0n) is 10.6. The van der Waals surface area contributed by atoms with Crippen LogP contribution in [0.15, 0.2) is 58.7 Å². The molecule has 0 unspecified atom stereocenters. The van der Waals surface area contributed by atoms with E-state index in [0.29, 0.717) is 11.1 Å². The van der Waals surface area contributed by atoms with Crippen molar-refractivity contribution in [1.82, 2.24) is 0 Å². The van der Waals surface area contributed by atoms with Gasteiger partial charge in [0.1, 0.15) is 0 Å². The summed E-state index contributed by atoms with van der Waals surface area (Å²) in [7, 11) is 0. The fourth-order valence-electron chi connectivity index (χ4n) is 1.49. The lowest BCUT2D eigenvalue weighted by Crippen LogP contribution is -1.82. The molecule has 20 heavy (non-hydrogen) atoms. The second-order valence-corrected chi connectivity index (χ2v) is 3.96. The van der Waals surface area contributed by atoms with Crippen LogP contribution in [0.5, 0.6) is 0 Å². The minimum Gasteiger partial charge on any atom is -0.192 e. The molecule has 4 heteroatoms. The molecule has 2 rings (SSSR count). The predicted molar refractivity (Wildman–Crippen MR) is 77.5 cm³/mol. The highest BCUT2D eigenvalue weighted by Crippen LogP contribution is 2.02. The molecule has 2 aromatic carbocycles. The number of benzene rings is 2. The van der Waals surface area contributed by atoms with Gasteiger partial charge >= 0.3 is 0 Å². The molecule has 2 aromatic rings. The Labute approximate surface area is 116 Å². The normalized spacial score (nSPS) is 10.5. The van der Waals surface area contributed by atoms with Crippen molar-refractivity contribution in [3.63, 3.8) is 0 Å². The summed E-state index contributed by atoms with van der Waals surface area (Å²) in [4.78, 5) is 0. The van der Waals surface area contributed by atoms with Gasteiger partial charge in [-0.1, -0.05) is 24.3 Å². The summed E-state index contributed by atoms with van der Waals surface area (Å²) < 4.78 is 0. The Hall–Kier alpha value is -3.24. The first kappa shape index (κ1) is 13.2. The van der Waals surface area contributed by atoms with E-state index in [2.05, 4.69) is 22.3 Å². The third kappa shape index (κ3) is 3.63. The minimum atomic E-state index is 0.614. The Morgan fingerprint density at radius 2 is 1.00 bits per heavy atom. The van der Waals surface area contributed by atoms with E-state index in [4.69, 9.17) is 10.5 Å². The van der Waals surface area contributed by atoms with Crippen molar-refractivity contribution >= 4 is 12.4 Å². The fraction of sp³-hybridized carbons (Fsp3) is 0. The Bertz CT molecular complexity index is 646. The highest BCUT2D eigenvalue weighted by Gasteiger charge is 1.90. The third-order valence-electron chi connectivity index (χ3n) is 2.56. The molecule has 0 aliphatic carbocycles. The second kappa shape index (κ2) is 6.63. The van der Waals surface area contributed by atoms with Crippen molar-refractivity contribution in [3.8, 4) is 12.1 Å². The summed E-state index contributed by atoms with van der Waals surface area (Å²) in [5, 5.41) is 25.2. The quantitative estimate of drug-likeness (QED) is 0.627. The van der Waals surface area contributed by atoms with Crippen LogP contribution in [-0.2, 0) is 0 Å². The maximum atomic E-state index is 8.68. The van der Waals surface area contributed by atoms with E-state index >= 15 is 0 Å². The smallest absolute Gasteiger partial charge is 0.0991 e. The Morgan fingerprint density at radius 1 is 0.650 bits per heavy atom. The third-order valence-corrected chi connectivity index (χ3v) is 2.56. The van der Waals surface area contributed by atoms with Crippen LogP contribution in [-0.4, -0.2) is 12.4 Å². The average Bonchev–Trinajstić information content (AvgIpc) is 2.53. The molecule has 0 amide bonds. The van der Waals surface area contributed by atoms with E-state index in [9.17, 15) is 0 Å².